The molecule has 0 aliphatic heterocycles. The molecule has 0 nitrogen and oxygen atoms in total. The summed E-state index contributed by atoms with van der Waals surface area (Å²) in [5.74, 6) is 0.836. The van der Waals surface area contributed by atoms with Crippen LogP contribution in [0.4, 0.5) is 0 Å². The van der Waals surface area contributed by atoms with Crippen molar-refractivity contribution < 1.29 is 25.8 Å². The van der Waals surface area contributed by atoms with Gasteiger partial charge in [-0.25, -0.2) is 0 Å². The molecule has 0 saturated heterocycles. The maximum atomic E-state index is 3.73. The largest absolute Gasteiger partial charge is 0.343 e. The zero-order chi connectivity index (χ0) is 4.99. The molecule has 0 atom stereocenters. The van der Waals surface area contributed by atoms with Crippen LogP contribution in [0.3, 0.4) is 0 Å². The van der Waals surface area contributed by atoms with E-state index in [9.17, 15) is 0 Å². The normalized spacial score (nSPS) is 8.57. The molecule has 0 amide bonds. The van der Waals surface area contributed by atoms with Crippen molar-refractivity contribution in [3.8, 4) is 0 Å². The fourth-order valence-corrected chi connectivity index (χ4v) is 0.408. The molecule has 0 N–H and O–H groups in total. The molecule has 0 aliphatic rings. The second-order valence-corrected chi connectivity index (χ2v) is 2.04. The van der Waals surface area contributed by atoms with Crippen LogP contribution >= 0.6 is 0 Å². The molecule has 0 aromatic carbocycles. The summed E-state index contributed by atoms with van der Waals surface area (Å²) in [7, 11) is 0. The second kappa shape index (κ2) is 6.87. The molecule has 7 heavy (non-hydrogen) atoms. The van der Waals surface area contributed by atoms with Gasteiger partial charge < -0.3 is 6.92 Å². The van der Waals surface area contributed by atoms with Crippen LogP contribution in [-0.4, -0.2) is 0 Å². The van der Waals surface area contributed by atoms with Gasteiger partial charge in [0.15, 0.2) is 0 Å². The molecule has 1 radical (unpaired) electrons. The summed E-state index contributed by atoms with van der Waals surface area (Å²) in [6, 6.07) is 0. The van der Waals surface area contributed by atoms with Gasteiger partial charge in [0.2, 0.25) is 0 Å². The SMILES string of the molecule is [CH2-]CCC(C)C.[Sc]. The molecule has 0 aromatic heterocycles. The van der Waals surface area contributed by atoms with Crippen LogP contribution in [0.15, 0.2) is 0 Å². The fraction of sp³-hybridized carbons (Fsp3) is 0.833. The quantitative estimate of drug-likeness (QED) is 0.503. The summed E-state index contributed by atoms with van der Waals surface area (Å²) < 4.78 is 0. The van der Waals surface area contributed by atoms with Crippen molar-refractivity contribution in [2.24, 2.45) is 5.92 Å². The zero-order valence-corrected chi connectivity index (χ0v) is 7.08. The van der Waals surface area contributed by atoms with Crippen LogP contribution in [-0.2, 0) is 25.8 Å². The van der Waals surface area contributed by atoms with E-state index in [0.717, 1.165) is 12.3 Å². The molecular weight excluding hydrogens is 117 g/mol. The average molecular weight is 130 g/mol. The van der Waals surface area contributed by atoms with Crippen molar-refractivity contribution in [1.82, 2.24) is 0 Å². The van der Waals surface area contributed by atoms with Crippen LogP contribution in [0, 0.1) is 12.8 Å². The van der Waals surface area contributed by atoms with Gasteiger partial charge in [0, 0.05) is 25.8 Å². The van der Waals surface area contributed by atoms with E-state index in [1.54, 1.807) is 0 Å². The Hall–Kier alpha value is 0.870. The first-order chi connectivity index (χ1) is 2.77. The molecule has 41 valence electrons. The van der Waals surface area contributed by atoms with Gasteiger partial charge in [-0.3, -0.25) is 0 Å². The molecule has 0 heterocycles. The molecule has 0 unspecified atom stereocenters. The van der Waals surface area contributed by atoms with Gasteiger partial charge in [-0.15, -0.1) is 0 Å². The summed E-state index contributed by atoms with van der Waals surface area (Å²) in [5, 5.41) is 0. The van der Waals surface area contributed by atoms with Crippen molar-refractivity contribution in [3.05, 3.63) is 6.92 Å². The predicted molar refractivity (Wildman–Crippen MR) is 29.4 cm³/mol. The fourth-order valence-electron chi connectivity index (χ4n) is 0.408. The van der Waals surface area contributed by atoms with E-state index in [1.165, 1.54) is 6.42 Å². The van der Waals surface area contributed by atoms with Crippen molar-refractivity contribution >= 4 is 0 Å². The van der Waals surface area contributed by atoms with Crippen LogP contribution < -0.4 is 0 Å². The molecule has 0 bridgehead atoms. The first-order valence-electron chi connectivity index (χ1n) is 2.56. The topological polar surface area (TPSA) is 0 Å². The maximum Gasteiger partial charge on any atom is 0 e. The smallest absolute Gasteiger partial charge is 0 e. The van der Waals surface area contributed by atoms with E-state index in [-0.39, 0.29) is 25.8 Å². The minimum absolute atomic E-state index is 0. The van der Waals surface area contributed by atoms with E-state index >= 15 is 0 Å². The minimum atomic E-state index is 0. The minimum Gasteiger partial charge on any atom is -0.343 e. The molecular formula is C6H13Sc-. The van der Waals surface area contributed by atoms with Crippen LogP contribution in [0.5, 0.6) is 0 Å². The third kappa shape index (κ3) is 10.9. The Balaban J connectivity index is 0. The van der Waals surface area contributed by atoms with E-state index in [4.69, 9.17) is 0 Å². The Bertz CT molecular complexity index is 25.4. The van der Waals surface area contributed by atoms with Gasteiger partial charge in [0.05, 0.1) is 0 Å². The van der Waals surface area contributed by atoms with Gasteiger partial charge in [-0.2, -0.15) is 6.42 Å². The molecule has 0 aliphatic carbocycles. The van der Waals surface area contributed by atoms with E-state index in [2.05, 4.69) is 20.8 Å². The molecule has 0 rings (SSSR count). The van der Waals surface area contributed by atoms with Gasteiger partial charge in [0.25, 0.3) is 0 Å². The third-order valence-electron chi connectivity index (χ3n) is 0.781. The monoisotopic (exact) mass is 130 g/mol. The Kier molecular flexibility index (Phi) is 10.6. The molecule has 0 spiro atoms. The summed E-state index contributed by atoms with van der Waals surface area (Å²) in [6.07, 6.45) is 2.34. The van der Waals surface area contributed by atoms with Gasteiger partial charge in [0.1, 0.15) is 0 Å². The number of hydrogen-bond acceptors (Lipinski definition) is 0. The van der Waals surface area contributed by atoms with Crippen LogP contribution in [0.1, 0.15) is 26.7 Å². The average Bonchev–Trinajstić information content (AvgIpc) is 1.35. The van der Waals surface area contributed by atoms with E-state index < -0.39 is 0 Å². The second-order valence-electron chi connectivity index (χ2n) is 2.04. The van der Waals surface area contributed by atoms with Crippen LogP contribution in [0.25, 0.3) is 0 Å². The third-order valence-corrected chi connectivity index (χ3v) is 0.781. The Morgan fingerprint density at radius 3 is 1.86 bits per heavy atom. The zero-order valence-electron chi connectivity index (χ0n) is 5.28. The molecule has 0 saturated carbocycles. The first kappa shape index (κ1) is 10.8. The number of rotatable bonds is 2. The summed E-state index contributed by atoms with van der Waals surface area (Å²) >= 11 is 0. The molecule has 0 fully saturated rings. The van der Waals surface area contributed by atoms with Gasteiger partial charge in [-0.05, 0) is 5.92 Å². The maximum absolute atomic E-state index is 3.73. The molecule has 0 aromatic rings. The summed E-state index contributed by atoms with van der Waals surface area (Å²) in [5.41, 5.74) is 0. The van der Waals surface area contributed by atoms with Crippen molar-refractivity contribution in [2.75, 3.05) is 0 Å². The van der Waals surface area contributed by atoms with E-state index in [1.807, 2.05) is 0 Å². The van der Waals surface area contributed by atoms with Crippen LogP contribution in [0.2, 0.25) is 0 Å². The van der Waals surface area contributed by atoms with Crippen molar-refractivity contribution in [1.29, 1.82) is 0 Å². The van der Waals surface area contributed by atoms with Crippen molar-refractivity contribution in [3.63, 3.8) is 0 Å². The van der Waals surface area contributed by atoms with Gasteiger partial charge >= 0.3 is 0 Å². The predicted octanol–water partition coefficient (Wildman–Crippen LogP) is 2.25. The van der Waals surface area contributed by atoms with E-state index in [0.29, 0.717) is 0 Å². The van der Waals surface area contributed by atoms with Crippen molar-refractivity contribution in [2.45, 2.75) is 26.7 Å². The Morgan fingerprint density at radius 1 is 1.43 bits per heavy atom. The Labute approximate surface area is 65.5 Å². The first-order valence-corrected chi connectivity index (χ1v) is 2.56. The Morgan fingerprint density at radius 2 is 1.86 bits per heavy atom. The van der Waals surface area contributed by atoms with Gasteiger partial charge in [-0.1, -0.05) is 20.3 Å². The standard InChI is InChI=1S/C6H13.Sc/c1-4-5-6(2)3;/h6H,1,4-5H2,2-3H3;/q-1;. The number of hydrogen-bond donors (Lipinski definition) is 0. The molecule has 1 heteroatoms. The summed E-state index contributed by atoms with van der Waals surface area (Å²) in [4.78, 5) is 0. The summed E-state index contributed by atoms with van der Waals surface area (Å²) in [6.45, 7) is 8.15.